The second-order valence-electron chi connectivity index (χ2n) is 4.82. The van der Waals surface area contributed by atoms with E-state index in [1.54, 1.807) is 29.8 Å². The minimum absolute atomic E-state index is 0. The molecule has 0 atom stereocenters. The van der Waals surface area contributed by atoms with E-state index in [1.807, 2.05) is 0 Å². The molecule has 1 aromatic carbocycles. The van der Waals surface area contributed by atoms with Crippen molar-refractivity contribution in [3.63, 3.8) is 0 Å². The Balaban J connectivity index is 0.00000192. The Labute approximate surface area is 185 Å². The van der Waals surface area contributed by atoms with Crippen molar-refractivity contribution in [3.8, 4) is 0 Å². The van der Waals surface area contributed by atoms with Gasteiger partial charge in [-0.15, -0.1) is 0 Å². The Morgan fingerprint density at radius 3 is 2.57 bits per heavy atom. The molecule has 23 heavy (non-hydrogen) atoms. The van der Waals surface area contributed by atoms with E-state index >= 15 is 0 Å². The molecule has 0 radical (unpaired) electrons. The number of carboxylic acids is 1. The van der Waals surface area contributed by atoms with Gasteiger partial charge >= 0.3 is 51.4 Å². The molecule has 3 rings (SSSR count). The monoisotopic (exact) mass is 373 g/mol. The van der Waals surface area contributed by atoms with Crippen LogP contribution in [0.3, 0.4) is 0 Å². The Kier molecular flexibility index (Phi) is 6.24. The summed E-state index contributed by atoms with van der Waals surface area (Å²) in [7, 11) is 0. The minimum atomic E-state index is -1.28. The van der Waals surface area contributed by atoms with Gasteiger partial charge in [-0.2, -0.15) is 5.10 Å². The van der Waals surface area contributed by atoms with E-state index < -0.39 is 5.97 Å². The average Bonchev–Trinajstić information content (AvgIpc) is 2.79. The van der Waals surface area contributed by atoms with E-state index in [0.717, 1.165) is 0 Å². The summed E-state index contributed by atoms with van der Waals surface area (Å²) in [6.45, 7) is 2.12. The van der Waals surface area contributed by atoms with Crippen molar-refractivity contribution in [2.75, 3.05) is 0 Å². The van der Waals surface area contributed by atoms with E-state index in [-0.39, 0.29) is 56.9 Å². The smallest absolute Gasteiger partial charge is 0.545 e. The predicted molar refractivity (Wildman–Crippen MR) is 82.2 cm³/mol. The van der Waals surface area contributed by atoms with Gasteiger partial charge in [0.1, 0.15) is 5.52 Å². The number of benzene rings is 1. The van der Waals surface area contributed by atoms with Gasteiger partial charge in [-0.3, -0.25) is 9.67 Å². The summed E-state index contributed by atoms with van der Waals surface area (Å²) < 4.78 is 1.64. The fourth-order valence-corrected chi connectivity index (χ4v) is 2.79. The molecule has 2 aromatic heterocycles. The third kappa shape index (κ3) is 3.79. The second kappa shape index (κ2) is 7.61. The minimum Gasteiger partial charge on any atom is -0.545 e. The van der Waals surface area contributed by atoms with Crippen LogP contribution in [-0.2, 0) is 6.54 Å². The summed E-state index contributed by atoms with van der Waals surface area (Å²) in [4.78, 5) is 15.1. The molecule has 8 heteroatoms. The number of hydrogen-bond acceptors (Lipinski definition) is 4. The first-order valence-corrected chi connectivity index (χ1v) is 7.20. The summed E-state index contributed by atoms with van der Waals surface area (Å²) in [5.41, 5.74) is 2.64. The first-order valence-electron chi connectivity index (χ1n) is 6.45. The van der Waals surface area contributed by atoms with E-state index in [0.29, 0.717) is 38.9 Å². The van der Waals surface area contributed by atoms with Gasteiger partial charge in [0, 0.05) is 27.4 Å². The fourth-order valence-electron chi connectivity index (χ4n) is 2.28. The summed E-state index contributed by atoms with van der Waals surface area (Å²) >= 11 is 12.3. The molecule has 0 aliphatic carbocycles. The first-order chi connectivity index (χ1) is 10.5. The summed E-state index contributed by atoms with van der Waals surface area (Å²) in [6.07, 6.45) is 1.26. The SMILES string of the molecule is Cc1nn(Cc2c(Cl)cccc2Cl)c2cc(C(=O)[O-])cnc12.[K+]. The Hall–Kier alpha value is -0.474. The predicted octanol–water partition coefficient (Wildman–Crippen LogP) is -0.538. The summed E-state index contributed by atoms with van der Waals surface area (Å²) in [5, 5.41) is 16.4. The van der Waals surface area contributed by atoms with Crippen LogP contribution in [0.2, 0.25) is 10.0 Å². The van der Waals surface area contributed by atoms with Crippen LogP contribution in [-0.4, -0.2) is 20.7 Å². The quantitative estimate of drug-likeness (QED) is 0.578. The second-order valence-corrected chi connectivity index (χ2v) is 5.64. The number of carboxylic acid groups (broad SMARTS) is 1. The van der Waals surface area contributed by atoms with Crippen molar-refractivity contribution in [3.05, 3.63) is 57.3 Å². The number of pyridine rings is 1. The van der Waals surface area contributed by atoms with Crippen LogP contribution in [0.5, 0.6) is 0 Å². The molecule has 112 valence electrons. The molecule has 3 aromatic rings. The zero-order valence-corrected chi connectivity index (χ0v) is 17.1. The van der Waals surface area contributed by atoms with Crippen molar-refractivity contribution in [2.24, 2.45) is 0 Å². The van der Waals surface area contributed by atoms with Gasteiger partial charge in [-0.25, -0.2) is 0 Å². The number of fused-ring (bicyclic) bond motifs is 1. The molecule has 0 saturated carbocycles. The van der Waals surface area contributed by atoms with Gasteiger partial charge in [0.25, 0.3) is 0 Å². The maximum atomic E-state index is 11.0. The van der Waals surface area contributed by atoms with Crippen molar-refractivity contribution in [2.45, 2.75) is 13.5 Å². The van der Waals surface area contributed by atoms with Crippen molar-refractivity contribution in [1.82, 2.24) is 14.8 Å². The molecule has 0 bridgehead atoms. The maximum absolute atomic E-state index is 11.0. The van der Waals surface area contributed by atoms with E-state index in [1.165, 1.54) is 12.3 Å². The molecular formula is C15H10Cl2KN3O2. The number of carbonyl (C=O) groups excluding carboxylic acids is 1. The molecule has 0 unspecified atom stereocenters. The number of aromatic carboxylic acids is 1. The Bertz CT molecular complexity index is 876. The van der Waals surface area contributed by atoms with Gasteiger partial charge < -0.3 is 9.90 Å². The third-order valence-corrected chi connectivity index (χ3v) is 4.07. The van der Waals surface area contributed by atoms with Crippen LogP contribution < -0.4 is 56.5 Å². The molecular weight excluding hydrogens is 364 g/mol. The molecule has 0 N–H and O–H groups in total. The topological polar surface area (TPSA) is 70.8 Å². The molecule has 0 aliphatic rings. The van der Waals surface area contributed by atoms with Crippen LogP contribution in [0.25, 0.3) is 11.0 Å². The molecule has 0 amide bonds. The number of halogens is 2. The van der Waals surface area contributed by atoms with Gasteiger partial charge in [0.2, 0.25) is 0 Å². The normalized spacial score (nSPS) is 10.6. The zero-order valence-electron chi connectivity index (χ0n) is 12.5. The van der Waals surface area contributed by atoms with Crippen LogP contribution in [0.15, 0.2) is 30.5 Å². The van der Waals surface area contributed by atoms with Crippen LogP contribution >= 0.6 is 23.2 Å². The van der Waals surface area contributed by atoms with E-state index in [4.69, 9.17) is 23.2 Å². The zero-order chi connectivity index (χ0) is 15.9. The van der Waals surface area contributed by atoms with Crippen molar-refractivity contribution in [1.29, 1.82) is 0 Å². The molecule has 0 saturated heterocycles. The number of hydrogen-bond donors (Lipinski definition) is 0. The molecule has 0 aliphatic heterocycles. The average molecular weight is 374 g/mol. The number of rotatable bonds is 3. The van der Waals surface area contributed by atoms with Crippen molar-refractivity contribution < 1.29 is 61.3 Å². The van der Waals surface area contributed by atoms with Crippen molar-refractivity contribution >= 4 is 40.2 Å². The molecule has 5 nitrogen and oxygen atoms in total. The van der Waals surface area contributed by atoms with Gasteiger partial charge in [-0.05, 0) is 25.1 Å². The molecule has 0 spiro atoms. The Morgan fingerprint density at radius 2 is 1.96 bits per heavy atom. The van der Waals surface area contributed by atoms with Gasteiger partial charge in [0.15, 0.2) is 0 Å². The van der Waals surface area contributed by atoms with Gasteiger partial charge in [-0.1, -0.05) is 29.3 Å². The number of nitrogens with zero attached hydrogens (tertiary/aromatic N) is 3. The van der Waals surface area contributed by atoms with E-state index in [2.05, 4.69) is 10.1 Å². The summed E-state index contributed by atoms with van der Waals surface area (Å²) in [6, 6.07) is 6.73. The Morgan fingerprint density at radius 1 is 1.30 bits per heavy atom. The fraction of sp³-hybridized carbons (Fsp3) is 0.133. The van der Waals surface area contributed by atoms with Gasteiger partial charge in [0.05, 0.1) is 23.7 Å². The van der Waals surface area contributed by atoms with E-state index in [9.17, 15) is 9.90 Å². The van der Waals surface area contributed by atoms with Crippen LogP contribution in [0.4, 0.5) is 0 Å². The third-order valence-electron chi connectivity index (χ3n) is 3.36. The standard InChI is InChI=1S/C15H11Cl2N3O2.K/c1-8-14-13(5-9(6-18-14)15(21)22)20(19-8)7-10-11(16)3-2-4-12(10)17;/h2-6H,7H2,1H3,(H,21,22);/q;+1/p-1. The maximum Gasteiger partial charge on any atom is 1.00 e. The van der Waals surface area contributed by atoms with Crippen LogP contribution in [0, 0.1) is 6.92 Å². The largest absolute Gasteiger partial charge is 1.00 e. The number of aromatic nitrogens is 3. The number of carbonyl (C=O) groups is 1. The van der Waals surface area contributed by atoms with Crippen LogP contribution in [0.1, 0.15) is 21.6 Å². The molecule has 2 heterocycles. The molecule has 0 fully saturated rings. The summed E-state index contributed by atoms with van der Waals surface area (Å²) in [5.74, 6) is -1.28. The first kappa shape index (κ1) is 18.9. The number of aryl methyl sites for hydroxylation is 1.